The zero-order valence-electron chi connectivity index (χ0n) is 23.9. The van der Waals surface area contributed by atoms with E-state index in [1.54, 1.807) is 4.67 Å². The molecule has 3 rings (SSSR count). The van der Waals surface area contributed by atoms with Crippen LogP contribution in [0.4, 0.5) is 43.9 Å². The van der Waals surface area contributed by atoms with E-state index in [0.717, 1.165) is 30.7 Å². The van der Waals surface area contributed by atoms with Crippen LogP contribution >= 0.6 is 37.3 Å². The second-order valence-corrected chi connectivity index (χ2v) is 14.3. The van der Waals surface area contributed by atoms with Gasteiger partial charge in [0.15, 0.2) is 59.1 Å². The van der Waals surface area contributed by atoms with Crippen molar-refractivity contribution in [1.29, 1.82) is 0 Å². The predicted molar refractivity (Wildman–Crippen MR) is 151 cm³/mol. The summed E-state index contributed by atoms with van der Waals surface area (Å²) in [5.74, 6) is -14.7. The van der Waals surface area contributed by atoms with E-state index in [-0.39, 0.29) is 41.6 Å². The third-order valence-corrected chi connectivity index (χ3v) is 9.14. The van der Waals surface area contributed by atoms with Crippen LogP contribution in [-0.2, 0) is 0 Å². The van der Waals surface area contributed by atoms with Crippen LogP contribution < -0.4 is 29.5 Å². The third-order valence-electron chi connectivity index (χ3n) is 4.43. The van der Waals surface area contributed by atoms with E-state index in [9.17, 15) is 43.9 Å². The molecule has 0 amide bonds. The number of hydrogen-bond donors (Lipinski definition) is 0. The molecule has 236 valence electrons. The van der Waals surface area contributed by atoms with Crippen molar-refractivity contribution in [1.82, 2.24) is 9.34 Å². The van der Waals surface area contributed by atoms with Crippen molar-refractivity contribution in [3.05, 3.63) is 101 Å². The van der Waals surface area contributed by atoms with E-state index in [0.29, 0.717) is 0 Å². The number of nitrogens with zero attached hydrogens (tertiary/aromatic N) is 2. The van der Waals surface area contributed by atoms with Gasteiger partial charge < -0.3 is 6.92 Å². The summed E-state index contributed by atoms with van der Waals surface area (Å²) in [5, 5.41) is 0.00335. The maximum Gasteiger partial charge on any atom is 1.00 e. The SMILES string of the molecule is CN(C)P(Cl)Cl.CN(C)P(c1cc(F)c(F)c(F)c1)c1cc(F)c(F)c(F)c1.Fc1cc(F)c(F)c(F)c1.[CH2-]CCC.[Li+]. The van der Waals surface area contributed by atoms with E-state index in [1.807, 2.05) is 14.1 Å². The maximum atomic E-state index is 13.4. The Morgan fingerprint density at radius 1 is 0.581 bits per heavy atom. The number of rotatable bonds is 5. The van der Waals surface area contributed by atoms with Crippen LogP contribution in [0.2, 0.25) is 0 Å². The Labute approximate surface area is 268 Å². The van der Waals surface area contributed by atoms with Gasteiger partial charge in [0.1, 0.15) is 5.82 Å². The van der Waals surface area contributed by atoms with Gasteiger partial charge in [-0.1, -0.05) is 35.8 Å². The van der Waals surface area contributed by atoms with Crippen molar-refractivity contribution >= 4 is 47.9 Å². The second kappa shape index (κ2) is 21.6. The number of benzene rings is 3. The van der Waals surface area contributed by atoms with Gasteiger partial charge >= 0.3 is 18.9 Å². The molecule has 0 unspecified atom stereocenters. The molecule has 43 heavy (non-hydrogen) atoms. The van der Waals surface area contributed by atoms with Gasteiger partial charge in [-0.2, -0.15) is 6.42 Å². The molecule has 0 radical (unpaired) electrons. The van der Waals surface area contributed by atoms with Crippen LogP contribution in [0, 0.1) is 65.1 Å². The zero-order chi connectivity index (χ0) is 32.9. The number of halogens is 12. The molecular formula is C26H27Cl2F10LiN2P2. The molecule has 0 heterocycles. The molecule has 3 aromatic carbocycles. The Morgan fingerprint density at radius 2 is 0.814 bits per heavy atom. The van der Waals surface area contributed by atoms with Crippen molar-refractivity contribution in [3.63, 3.8) is 0 Å². The largest absolute Gasteiger partial charge is 1.00 e. The Kier molecular flexibility index (Phi) is 22.1. The quantitative estimate of drug-likeness (QED) is 0.0746. The Balaban J connectivity index is 0. The van der Waals surface area contributed by atoms with Gasteiger partial charge in [0.25, 0.3) is 0 Å². The van der Waals surface area contributed by atoms with Crippen molar-refractivity contribution in [3.8, 4) is 0 Å². The van der Waals surface area contributed by atoms with Crippen LogP contribution in [0.1, 0.15) is 19.8 Å². The average Bonchev–Trinajstić information content (AvgIpc) is 2.89. The first-order chi connectivity index (χ1) is 19.4. The molecule has 0 aliphatic heterocycles. The van der Waals surface area contributed by atoms with E-state index < -0.39 is 73.0 Å². The van der Waals surface area contributed by atoms with Crippen LogP contribution in [0.5, 0.6) is 0 Å². The van der Waals surface area contributed by atoms with Gasteiger partial charge in [-0.25, -0.2) is 43.9 Å². The minimum Gasteiger partial charge on any atom is -0.343 e. The van der Waals surface area contributed by atoms with Crippen LogP contribution in [-0.4, -0.2) is 37.5 Å². The van der Waals surface area contributed by atoms with Crippen LogP contribution in [0.3, 0.4) is 0 Å². The molecule has 0 N–H and O–H groups in total. The average molecular weight is 697 g/mol. The molecule has 0 aromatic heterocycles. The molecule has 3 aromatic rings. The first-order valence-corrected chi connectivity index (χ1v) is 15.9. The van der Waals surface area contributed by atoms with Gasteiger partial charge in [-0.15, -0.1) is 0 Å². The van der Waals surface area contributed by atoms with Gasteiger partial charge in [0.2, 0.25) is 0 Å². The fourth-order valence-electron chi connectivity index (χ4n) is 2.46. The summed E-state index contributed by atoms with van der Waals surface area (Å²) >= 11 is 10.7. The molecule has 0 aliphatic rings. The minimum absolute atomic E-state index is 0. The van der Waals surface area contributed by atoms with E-state index in [2.05, 4.69) is 13.8 Å². The standard InChI is InChI=1S/C14H10F6NP.C6H2F4.C4H9.C2H6Cl2NP.Li/c1-21(2)22(7-3-9(15)13(19)10(16)4-7)8-5-11(17)14(20)12(18)6-8;7-3-1-4(8)6(10)5(9)2-3;1-3-4-2;1-5(2)6(3)4;/h3-6H,1-2H3;1-2H;1,3-4H2,2H3;1-2H3;/q;;-1;;+1. The molecular weight excluding hydrogens is 670 g/mol. The summed E-state index contributed by atoms with van der Waals surface area (Å²) in [7, 11) is 4.95. The summed E-state index contributed by atoms with van der Waals surface area (Å²) in [4.78, 5) is 0. The number of unbranched alkanes of at least 4 members (excludes halogenated alkanes) is 1. The summed E-state index contributed by atoms with van der Waals surface area (Å²) in [5.41, 5.74) is 0. The zero-order valence-corrected chi connectivity index (χ0v) is 27.2. The molecule has 0 saturated heterocycles. The minimum atomic E-state index is -1.76. The molecule has 0 aliphatic carbocycles. The second-order valence-electron chi connectivity index (χ2n) is 8.21. The fourth-order valence-corrected chi connectivity index (χ4v) is 4.63. The molecule has 0 fully saturated rings. The van der Waals surface area contributed by atoms with Crippen molar-refractivity contribution in [2.24, 2.45) is 0 Å². The molecule has 0 spiro atoms. The van der Waals surface area contributed by atoms with E-state index in [1.165, 1.54) is 25.2 Å². The third kappa shape index (κ3) is 15.2. The van der Waals surface area contributed by atoms with Gasteiger partial charge in [-0.3, -0.25) is 9.34 Å². The molecule has 17 heteroatoms. The maximum absolute atomic E-state index is 13.4. The summed E-state index contributed by atoms with van der Waals surface area (Å²) in [6.45, 7) is 4.84. The van der Waals surface area contributed by atoms with Gasteiger partial charge in [0, 0.05) is 30.8 Å². The normalized spacial score (nSPS) is 10.5. The number of hydrogen-bond acceptors (Lipinski definition) is 2. The molecule has 0 saturated carbocycles. The van der Waals surface area contributed by atoms with Crippen molar-refractivity contribution < 1.29 is 62.8 Å². The van der Waals surface area contributed by atoms with Crippen molar-refractivity contribution in [2.75, 3.05) is 28.2 Å². The van der Waals surface area contributed by atoms with E-state index in [4.69, 9.17) is 22.5 Å². The Morgan fingerprint density at radius 3 is 1.00 bits per heavy atom. The molecule has 0 atom stereocenters. The monoisotopic (exact) mass is 696 g/mol. The first kappa shape index (κ1) is 44.0. The first-order valence-electron chi connectivity index (χ1n) is 11.5. The van der Waals surface area contributed by atoms with Crippen LogP contribution in [0.15, 0.2) is 36.4 Å². The Bertz CT molecular complexity index is 1160. The van der Waals surface area contributed by atoms with Gasteiger partial charge in [0.05, 0.1) is 0 Å². The Hall–Kier alpha value is -1.08. The molecule has 2 nitrogen and oxygen atoms in total. The van der Waals surface area contributed by atoms with Crippen molar-refractivity contribution in [2.45, 2.75) is 19.8 Å². The molecule has 0 bridgehead atoms. The van der Waals surface area contributed by atoms with E-state index >= 15 is 0 Å². The topological polar surface area (TPSA) is 6.48 Å². The fraction of sp³-hybridized carbons (Fsp3) is 0.269. The summed E-state index contributed by atoms with van der Waals surface area (Å²) in [6.07, 6.45) is 2.28. The van der Waals surface area contributed by atoms with Crippen LogP contribution in [0.25, 0.3) is 0 Å². The van der Waals surface area contributed by atoms with Gasteiger partial charge in [-0.05, 0) is 52.5 Å². The summed E-state index contributed by atoms with van der Waals surface area (Å²) < 4.78 is 131. The predicted octanol–water partition coefficient (Wildman–Crippen LogP) is 6.55. The summed E-state index contributed by atoms with van der Waals surface area (Å²) in [6, 6.07) is 3.57. The smallest absolute Gasteiger partial charge is 0.343 e.